The first-order valence-corrected chi connectivity index (χ1v) is 12.6. The third kappa shape index (κ3) is 7.75. The van der Waals surface area contributed by atoms with Crippen LogP contribution in [0.15, 0.2) is 43.0 Å². The highest BCUT2D eigenvalue weighted by atomic mass is 16.2. The number of rotatable bonds is 4. The first kappa shape index (κ1) is 28.9. The van der Waals surface area contributed by atoms with Gasteiger partial charge in [-0.05, 0) is 30.7 Å². The van der Waals surface area contributed by atoms with Crippen molar-refractivity contribution in [2.24, 2.45) is 0 Å². The molecule has 0 bridgehead atoms. The highest BCUT2D eigenvalue weighted by Gasteiger charge is 2.22. The first-order valence-electron chi connectivity index (χ1n) is 12.6. The van der Waals surface area contributed by atoms with E-state index in [1.54, 1.807) is 6.20 Å². The van der Waals surface area contributed by atoms with Gasteiger partial charge in [-0.1, -0.05) is 48.0 Å². The number of fused-ring (bicyclic) bond motifs is 1. The topological polar surface area (TPSA) is 66.3 Å². The fraction of sp³-hybridized carbons (Fsp3) is 0.519. The minimum absolute atomic E-state index is 0.159. The highest BCUT2D eigenvalue weighted by molar-refractivity contribution is 5.85. The van der Waals surface area contributed by atoms with Crippen LogP contribution in [-0.4, -0.2) is 58.6 Å². The summed E-state index contributed by atoms with van der Waals surface area (Å²) in [7, 11) is 1.86. The van der Waals surface area contributed by atoms with Crippen molar-refractivity contribution in [3.63, 3.8) is 0 Å². The number of aryl methyl sites for hydroxylation is 1. The van der Waals surface area contributed by atoms with Gasteiger partial charge in [-0.2, -0.15) is 0 Å². The Hall–Kier alpha value is -3.09. The minimum atomic E-state index is 0.159. The van der Waals surface area contributed by atoms with E-state index in [-0.39, 0.29) is 5.91 Å². The second kappa shape index (κ2) is 15.7. The molecule has 3 aromatic rings. The fourth-order valence-corrected chi connectivity index (χ4v) is 3.63. The van der Waals surface area contributed by atoms with Gasteiger partial charge in [0.25, 0.3) is 0 Å². The monoisotopic (exact) mass is 468 g/mol. The van der Waals surface area contributed by atoms with Gasteiger partial charge >= 0.3 is 0 Å². The second-order valence-electron chi connectivity index (χ2n) is 7.56. The van der Waals surface area contributed by atoms with E-state index in [1.807, 2.05) is 74.9 Å². The molecule has 4 rings (SSSR count). The average Bonchev–Trinajstić information content (AvgIpc) is 3.22. The maximum Gasteiger partial charge on any atom is 0.242 e. The van der Waals surface area contributed by atoms with Gasteiger partial charge in [-0.3, -0.25) is 9.78 Å². The minimum Gasteiger partial charge on any atom is -0.373 e. The van der Waals surface area contributed by atoms with Crippen molar-refractivity contribution < 1.29 is 4.79 Å². The molecule has 0 spiro atoms. The van der Waals surface area contributed by atoms with Crippen molar-refractivity contribution in [2.45, 2.75) is 61.4 Å². The third-order valence-corrected chi connectivity index (χ3v) is 5.19. The Balaban J connectivity index is 0.000000750. The van der Waals surface area contributed by atoms with Crippen LogP contribution >= 0.6 is 0 Å². The average molecular weight is 469 g/mol. The predicted octanol–water partition coefficient (Wildman–Crippen LogP) is 5.60. The normalized spacial score (nSPS) is 12.5. The molecule has 0 aromatic carbocycles. The highest BCUT2D eigenvalue weighted by Crippen LogP contribution is 2.20. The predicted molar refractivity (Wildman–Crippen MR) is 146 cm³/mol. The SMILES string of the molecule is CC.CC.CCC.CNc1ccc(N2CCN(C(=O)Cn3cc(C)c4cnccc43)CC2)cn1. The maximum atomic E-state index is 12.8. The number of aromatic nitrogens is 3. The molecule has 1 aliphatic heterocycles. The third-order valence-electron chi connectivity index (χ3n) is 5.19. The van der Waals surface area contributed by atoms with Gasteiger partial charge in [-0.15, -0.1) is 0 Å². The summed E-state index contributed by atoms with van der Waals surface area (Å²) in [4.78, 5) is 25.6. The lowest BCUT2D eigenvalue weighted by molar-refractivity contribution is -0.132. The molecule has 0 atom stereocenters. The molecule has 1 aliphatic rings. The second-order valence-corrected chi connectivity index (χ2v) is 7.56. The molecule has 3 aromatic heterocycles. The van der Waals surface area contributed by atoms with E-state index in [0.717, 1.165) is 54.2 Å². The number of carbonyl (C=O) groups excluding carboxylic acids is 1. The molecule has 188 valence electrons. The Morgan fingerprint density at radius 2 is 1.65 bits per heavy atom. The molecule has 4 heterocycles. The molecule has 0 unspecified atom stereocenters. The van der Waals surface area contributed by atoms with Gasteiger partial charge in [0.2, 0.25) is 5.91 Å². The summed E-state index contributed by atoms with van der Waals surface area (Å²) in [6, 6.07) is 6.01. The summed E-state index contributed by atoms with van der Waals surface area (Å²) >= 11 is 0. The quantitative estimate of drug-likeness (QED) is 0.540. The number of piperazine rings is 1. The van der Waals surface area contributed by atoms with Crippen LogP contribution in [0.2, 0.25) is 0 Å². The fourth-order valence-electron chi connectivity index (χ4n) is 3.63. The maximum absolute atomic E-state index is 12.8. The summed E-state index contributed by atoms with van der Waals surface area (Å²) in [6.07, 6.45) is 8.80. The van der Waals surface area contributed by atoms with Crippen LogP contribution in [0.1, 0.15) is 53.5 Å². The number of nitrogens with one attached hydrogen (secondary N) is 1. The number of hydrogen-bond acceptors (Lipinski definition) is 5. The molecular weight excluding hydrogens is 424 g/mol. The zero-order valence-corrected chi connectivity index (χ0v) is 22.4. The Morgan fingerprint density at radius 1 is 1.00 bits per heavy atom. The number of hydrogen-bond donors (Lipinski definition) is 1. The van der Waals surface area contributed by atoms with Gasteiger partial charge in [0.1, 0.15) is 12.4 Å². The van der Waals surface area contributed by atoms with E-state index in [1.165, 1.54) is 6.42 Å². The summed E-state index contributed by atoms with van der Waals surface area (Å²) in [5.74, 6) is 1.02. The van der Waals surface area contributed by atoms with Crippen molar-refractivity contribution in [3.05, 3.63) is 48.5 Å². The van der Waals surface area contributed by atoms with E-state index in [4.69, 9.17) is 0 Å². The van der Waals surface area contributed by atoms with Crippen LogP contribution in [0, 0.1) is 6.92 Å². The van der Waals surface area contributed by atoms with Crippen molar-refractivity contribution in [1.29, 1.82) is 0 Å². The molecule has 0 saturated carbocycles. The molecule has 0 aliphatic carbocycles. The Labute approximate surface area is 206 Å². The number of pyridine rings is 2. The lowest BCUT2D eigenvalue weighted by atomic mass is 10.2. The Bertz CT molecular complexity index is 959. The summed E-state index contributed by atoms with van der Waals surface area (Å²) in [6.45, 7) is 17.8. The lowest BCUT2D eigenvalue weighted by Crippen LogP contribution is -2.49. The Morgan fingerprint density at radius 3 is 2.21 bits per heavy atom. The standard InChI is InChI=1S/C20H24N6O.C3H8.2C2H6/c1-15-13-26(18-5-6-22-12-17(15)18)14-20(27)25-9-7-24(8-10-25)16-3-4-19(21-2)23-11-16;1-3-2;2*1-2/h3-6,11-13H,7-10,14H2,1-2H3,(H,21,23);3H2,1-2H3;2*1-2H3. The van der Waals surface area contributed by atoms with Gasteiger partial charge < -0.3 is 19.7 Å². The number of carbonyl (C=O) groups is 1. The van der Waals surface area contributed by atoms with Crippen molar-refractivity contribution in [3.8, 4) is 0 Å². The molecule has 1 fully saturated rings. The summed E-state index contributed by atoms with van der Waals surface area (Å²) in [5, 5.41) is 4.13. The molecular formula is C27H44N6O. The van der Waals surface area contributed by atoms with Crippen LogP contribution in [0.25, 0.3) is 10.9 Å². The number of amides is 1. The summed E-state index contributed by atoms with van der Waals surface area (Å²) < 4.78 is 2.03. The molecule has 1 amide bonds. The van der Waals surface area contributed by atoms with Crippen LogP contribution in [0.4, 0.5) is 11.5 Å². The Kier molecular flexibility index (Phi) is 13.4. The van der Waals surface area contributed by atoms with E-state index in [9.17, 15) is 4.79 Å². The van der Waals surface area contributed by atoms with Gasteiger partial charge in [0.05, 0.1) is 17.4 Å². The number of anilines is 2. The van der Waals surface area contributed by atoms with E-state index >= 15 is 0 Å². The lowest BCUT2D eigenvalue weighted by Gasteiger charge is -2.36. The van der Waals surface area contributed by atoms with Gasteiger partial charge in [0, 0.05) is 57.2 Å². The van der Waals surface area contributed by atoms with Gasteiger partial charge in [0.15, 0.2) is 0 Å². The van der Waals surface area contributed by atoms with Crippen LogP contribution in [0.3, 0.4) is 0 Å². The van der Waals surface area contributed by atoms with E-state index in [0.29, 0.717) is 6.54 Å². The van der Waals surface area contributed by atoms with Crippen molar-refractivity contribution in [2.75, 3.05) is 43.4 Å². The zero-order valence-electron chi connectivity index (χ0n) is 22.4. The van der Waals surface area contributed by atoms with Gasteiger partial charge in [-0.25, -0.2) is 4.98 Å². The molecule has 1 N–H and O–H groups in total. The first-order chi connectivity index (χ1) is 16.6. The van der Waals surface area contributed by atoms with Crippen molar-refractivity contribution >= 4 is 28.3 Å². The molecule has 0 radical (unpaired) electrons. The number of nitrogens with zero attached hydrogens (tertiary/aromatic N) is 5. The largest absolute Gasteiger partial charge is 0.373 e. The van der Waals surface area contributed by atoms with E-state index in [2.05, 4.69) is 47.0 Å². The van der Waals surface area contributed by atoms with Crippen molar-refractivity contribution in [1.82, 2.24) is 19.4 Å². The smallest absolute Gasteiger partial charge is 0.242 e. The molecule has 34 heavy (non-hydrogen) atoms. The van der Waals surface area contributed by atoms with Crippen LogP contribution in [-0.2, 0) is 11.3 Å². The van der Waals surface area contributed by atoms with Crippen LogP contribution in [0.5, 0.6) is 0 Å². The zero-order chi connectivity index (χ0) is 25.5. The van der Waals surface area contributed by atoms with E-state index < -0.39 is 0 Å². The van der Waals surface area contributed by atoms with Crippen LogP contribution < -0.4 is 10.2 Å². The summed E-state index contributed by atoms with van der Waals surface area (Å²) in [5.41, 5.74) is 3.30. The molecule has 7 heteroatoms. The molecule has 1 saturated heterocycles. The molecule has 7 nitrogen and oxygen atoms in total.